The fourth-order valence-corrected chi connectivity index (χ4v) is 2.28. The SMILES string of the molecule is CCN(CC)C(=O)c1c[nH]c2c(Cl)cccc2c1=O. The molecule has 0 atom stereocenters. The Kier molecular flexibility index (Phi) is 3.90. The molecule has 0 aliphatic heterocycles. The van der Waals surface area contributed by atoms with E-state index in [4.69, 9.17) is 11.6 Å². The third kappa shape index (κ3) is 2.36. The average Bonchev–Trinajstić information content (AvgIpc) is 2.41. The van der Waals surface area contributed by atoms with Crippen LogP contribution in [0.3, 0.4) is 0 Å². The molecule has 0 saturated heterocycles. The summed E-state index contributed by atoms with van der Waals surface area (Å²) in [7, 11) is 0. The third-order valence-electron chi connectivity index (χ3n) is 3.14. The Balaban J connectivity index is 2.61. The normalized spacial score (nSPS) is 10.7. The van der Waals surface area contributed by atoms with E-state index in [1.165, 1.54) is 6.20 Å². The van der Waals surface area contributed by atoms with Crippen molar-refractivity contribution in [2.24, 2.45) is 0 Å². The van der Waals surface area contributed by atoms with Crippen LogP contribution in [0, 0.1) is 0 Å². The molecule has 19 heavy (non-hydrogen) atoms. The fraction of sp³-hybridized carbons (Fsp3) is 0.286. The molecule has 1 amide bonds. The van der Waals surface area contributed by atoms with Crippen LogP contribution >= 0.6 is 11.6 Å². The second kappa shape index (κ2) is 5.45. The molecule has 0 aliphatic carbocycles. The summed E-state index contributed by atoms with van der Waals surface area (Å²) < 4.78 is 0. The summed E-state index contributed by atoms with van der Waals surface area (Å²) in [6.07, 6.45) is 1.44. The van der Waals surface area contributed by atoms with Gasteiger partial charge in [-0.25, -0.2) is 0 Å². The second-order valence-electron chi connectivity index (χ2n) is 4.17. The first-order valence-electron chi connectivity index (χ1n) is 6.19. The van der Waals surface area contributed by atoms with Crippen molar-refractivity contribution in [3.05, 3.63) is 45.2 Å². The van der Waals surface area contributed by atoms with Crippen LogP contribution in [0.5, 0.6) is 0 Å². The Morgan fingerprint density at radius 3 is 2.63 bits per heavy atom. The van der Waals surface area contributed by atoms with E-state index >= 15 is 0 Å². The van der Waals surface area contributed by atoms with Gasteiger partial charge in [0.15, 0.2) is 0 Å². The number of carbonyl (C=O) groups excluding carboxylic acids is 1. The van der Waals surface area contributed by atoms with E-state index in [1.807, 2.05) is 13.8 Å². The van der Waals surface area contributed by atoms with Gasteiger partial charge in [-0.3, -0.25) is 9.59 Å². The first-order valence-corrected chi connectivity index (χ1v) is 6.57. The van der Waals surface area contributed by atoms with Gasteiger partial charge in [-0.05, 0) is 26.0 Å². The molecular formula is C14H15ClN2O2. The molecule has 100 valence electrons. The maximum atomic E-state index is 12.3. The number of para-hydroxylation sites is 1. The van der Waals surface area contributed by atoms with Crippen molar-refractivity contribution >= 4 is 28.4 Å². The number of hydrogen-bond donors (Lipinski definition) is 1. The van der Waals surface area contributed by atoms with Crippen molar-refractivity contribution in [2.45, 2.75) is 13.8 Å². The van der Waals surface area contributed by atoms with Gasteiger partial charge in [0.25, 0.3) is 5.91 Å². The quantitative estimate of drug-likeness (QED) is 0.938. The van der Waals surface area contributed by atoms with Gasteiger partial charge in [0, 0.05) is 24.7 Å². The van der Waals surface area contributed by atoms with Gasteiger partial charge in [-0.1, -0.05) is 17.7 Å². The minimum absolute atomic E-state index is 0.151. The molecule has 0 saturated carbocycles. The largest absolute Gasteiger partial charge is 0.359 e. The lowest BCUT2D eigenvalue weighted by molar-refractivity contribution is 0.0771. The molecule has 1 heterocycles. The second-order valence-corrected chi connectivity index (χ2v) is 4.58. The highest BCUT2D eigenvalue weighted by Crippen LogP contribution is 2.18. The monoisotopic (exact) mass is 278 g/mol. The van der Waals surface area contributed by atoms with Crippen LogP contribution in [0.25, 0.3) is 10.9 Å². The number of hydrogen-bond acceptors (Lipinski definition) is 2. The van der Waals surface area contributed by atoms with Crippen molar-refractivity contribution in [1.82, 2.24) is 9.88 Å². The number of nitrogens with zero attached hydrogens (tertiary/aromatic N) is 1. The molecule has 2 aromatic rings. The van der Waals surface area contributed by atoms with Crippen LogP contribution in [0.15, 0.2) is 29.2 Å². The molecule has 1 aromatic heterocycles. The van der Waals surface area contributed by atoms with Gasteiger partial charge in [0.05, 0.1) is 10.5 Å². The minimum atomic E-state index is -0.284. The van der Waals surface area contributed by atoms with Crippen molar-refractivity contribution in [1.29, 1.82) is 0 Å². The predicted octanol–water partition coefficient (Wildman–Crippen LogP) is 2.66. The Hall–Kier alpha value is -1.81. The van der Waals surface area contributed by atoms with Crippen LogP contribution in [-0.2, 0) is 0 Å². The Morgan fingerprint density at radius 2 is 2.00 bits per heavy atom. The topological polar surface area (TPSA) is 53.2 Å². The van der Waals surface area contributed by atoms with Gasteiger partial charge in [-0.15, -0.1) is 0 Å². The zero-order valence-corrected chi connectivity index (χ0v) is 11.6. The van der Waals surface area contributed by atoms with Crippen LogP contribution in [0.2, 0.25) is 5.02 Å². The number of aromatic nitrogens is 1. The van der Waals surface area contributed by atoms with Crippen LogP contribution in [0.1, 0.15) is 24.2 Å². The highest BCUT2D eigenvalue weighted by Gasteiger charge is 2.17. The lowest BCUT2D eigenvalue weighted by Crippen LogP contribution is -2.34. The predicted molar refractivity (Wildman–Crippen MR) is 76.8 cm³/mol. The van der Waals surface area contributed by atoms with Crippen molar-refractivity contribution in [3.8, 4) is 0 Å². The molecule has 0 unspecified atom stereocenters. The zero-order valence-electron chi connectivity index (χ0n) is 10.9. The number of rotatable bonds is 3. The first kappa shape index (κ1) is 13.6. The Labute approximate surface area is 116 Å². The van der Waals surface area contributed by atoms with E-state index in [9.17, 15) is 9.59 Å². The average molecular weight is 279 g/mol. The van der Waals surface area contributed by atoms with Crippen molar-refractivity contribution < 1.29 is 4.79 Å². The Morgan fingerprint density at radius 1 is 1.32 bits per heavy atom. The number of pyridine rings is 1. The van der Waals surface area contributed by atoms with Crippen molar-refractivity contribution in [3.63, 3.8) is 0 Å². The number of amides is 1. The molecule has 0 bridgehead atoms. The number of nitrogens with one attached hydrogen (secondary N) is 1. The van der Waals surface area contributed by atoms with E-state index in [2.05, 4.69) is 4.98 Å². The molecule has 4 nitrogen and oxygen atoms in total. The van der Waals surface area contributed by atoms with E-state index in [0.29, 0.717) is 29.0 Å². The van der Waals surface area contributed by atoms with E-state index < -0.39 is 0 Å². The molecule has 0 fully saturated rings. The lowest BCUT2D eigenvalue weighted by atomic mass is 10.1. The van der Waals surface area contributed by atoms with E-state index in [1.54, 1.807) is 23.1 Å². The molecule has 0 radical (unpaired) electrons. The zero-order chi connectivity index (χ0) is 14.0. The molecule has 2 rings (SSSR count). The van der Waals surface area contributed by atoms with Crippen molar-refractivity contribution in [2.75, 3.05) is 13.1 Å². The molecular weight excluding hydrogens is 264 g/mol. The van der Waals surface area contributed by atoms with Crippen LogP contribution in [-0.4, -0.2) is 28.9 Å². The summed E-state index contributed by atoms with van der Waals surface area (Å²) in [6, 6.07) is 5.07. The molecule has 1 aromatic carbocycles. The maximum absolute atomic E-state index is 12.3. The molecule has 0 spiro atoms. The van der Waals surface area contributed by atoms with Crippen LogP contribution in [0.4, 0.5) is 0 Å². The van der Waals surface area contributed by atoms with Gasteiger partial charge in [0.2, 0.25) is 5.43 Å². The number of benzene rings is 1. The summed E-state index contributed by atoms with van der Waals surface area (Å²) in [5, 5.41) is 0.905. The fourth-order valence-electron chi connectivity index (χ4n) is 2.06. The molecule has 1 N–H and O–H groups in total. The Bertz CT molecular complexity index is 675. The maximum Gasteiger partial charge on any atom is 0.259 e. The van der Waals surface area contributed by atoms with Gasteiger partial charge < -0.3 is 9.88 Å². The highest BCUT2D eigenvalue weighted by atomic mass is 35.5. The van der Waals surface area contributed by atoms with Gasteiger partial charge >= 0.3 is 0 Å². The standard InChI is InChI=1S/C14H15ClN2O2/c1-3-17(4-2)14(19)10-8-16-12-9(13(10)18)6-5-7-11(12)15/h5-8H,3-4H2,1-2H3,(H,16,18). The number of H-pyrrole nitrogens is 1. The smallest absolute Gasteiger partial charge is 0.259 e. The summed E-state index contributed by atoms with van der Waals surface area (Å²) in [6.45, 7) is 4.91. The van der Waals surface area contributed by atoms with Crippen LogP contribution < -0.4 is 5.43 Å². The number of halogens is 1. The number of carbonyl (C=O) groups is 1. The van der Waals surface area contributed by atoms with Gasteiger partial charge in [0.1, 0.15) is 5.56 Å². The molecule has 0 aliphatic rings. The summed E-state index contributed by atoms with van der Waals surface area (Å²) in [5.74, 6) is -0.256. The minimum Gasteiger partial charge on any atom is -0.359 e. The summed E-state index contributed by atoms with van der Waals surface area (Å²) >= 11 is 6.01. The number of fused-ring (bicyclic) bond motifs is 1. The van der Waals surface area contributed by atoms with Gasteiger partial charge in [-0.2, -0.15) is 0 Å². The lowest BCUT2D eigenvalue weighted by Gasteiger charge is -2.18. The first-order chi connectivity index (χ1) is 9.10. The summed E-state index contributed by atoms with van der Waals surface area (Å²) in [4.78, 5) is 29.1. The highest BCUT2D eigenvalue weighted by molar-refractivity contribution is 6.35. The third-order valence-corrected chi connectivity index (χ3v) is 3.46. The summed E-state index contributed by atoms with van der Waals surface area (Å²) in [5.41, 5.74) is 0.428. The number of aromatic amines is 1. The van der Waals surface area contributed by atoms with E-state index in [0.717, 1.165) is 0 Å². The molecule has 5 heteroatoms. The van der Waals surface area contributed by atoms with E-state index in [-0.39, 0.29) is 16.9 Å².